The molecule has 4 heteroatoms. The highest BCUT2D eigenvalue weighted by molar-refractivity contribution is 5.85. The molecule has 1 aliphatic rings. The van der Waals surface area contributed by atoms with Crippen molar-refractivity contribution < 1.29 is 4.74 Å². The Labute approximate surface area is 105 Å². The fourth-order valence-electron chi connectivity index (χ4n) is 2.20. The summed E-state index contributed by atoms with van der Waals surface area (Å²) >= 11 is 0. The fourth-order valence-corrected chi connectivity index (χ4v) is 2.20. The molecule has 1 saturated heterocycles. The number of rotatable bonds is 2. The van der Waals surface area contributed by atoms with Gasteiger partial charge in [-0.05, 0) is 19.0 Å². The first-order chi connectivity index (χ1) is 8.86. The number of hydrogen-bond acceptors (Lipinski definition) is 4. The Morgan fingerprint density at radius 1 is 1.39 bits per heavy atom. The summed E-state index contributed by atoms with van der Waals surface area (Å²) in [6.45, 7) is 1.82. The van der Waals surface area contributed by atoms with Gasteiger partial charge in [0.2, 0.25) is 5.88 Å². The average molecular weight is 239 g/mol. The lowest BCUT2D eigenvalue weighted by molar-refractivity contribution is 0.215. The van der Waals surface area contributed by atoms with E-state index in [0.29, 0.717) is 11.4 Å². The van der Waals surface area contributed by atoms with E-state index < -0.39 is 0 Å². The number of para-hydroxylation sites is 1. The predicted molar refractivity (Wildman–Crippen MR) is 68.4 cm³/mol. The van der Waals surface area contributed by atoms with E-state index in [4.69, 9.17) is 4.74 Å². The van der Waals surface area contributed by atoms with Gasteiger partial charge in [0, 0.05) is 18.0 Å². The molecule has 1 aliphatic heterocycles. The lowest BCUT2D eigenvalue weighted by Crippen LogP contribution is -2.20. The first kappa shape index (κ1) is 11.0. The Kier molecular flexibility index (Phi) is 2.83. The van der Waals surface area contributed by atoms with E-state index in [1.807, 2.05) is 24.3 Å². The van der Waals surface area contributed by atoms with Crippen molar-refractivity contribution in [2.75, 3.05) is 13.1 Å². The van der Waals surface area contributed by atoms with Crippen LogP contribution in [0.3, 0.4) is 0 Å². The Morgan fingerprint density at radius 3 is 3.06 bits per heavy atom. The molecule has 2 heterocycles. The van der Waals surface area contributed by atoms with Gasteiger partial charge in [0.1, 0.15) is 12.2 Å². The standard InChI is InChI=1S/C14H13N3O/c15-8-10-7-14(18-11-5-6-16-9-11)17-13-4-2-1-3-12(10)13/h1-4,7,11,16H,5-6,9H2. The van der Waals surface area contributed by atoms with Crippen molar-refractivity contribution in [2.24, 2.45) is 0 Å². The normalized spacial score (nSPS) is 18.7. The summed E-state index contributed by atoms with van der Waals surface area (Å²) in [5.41, 5.74) is 1.42. The number of aromatic nitrogens is 1. The molecule has 1 atom stereocenters. The van der Waals surface area contributed by atoms with E-state index in [-0.39, 0.29) is 6.10 Å². The maximum absolute atomic E-state index is 9.18. The third kappa shape index (κ3) is 2.01. The highest BCUT2D eigenvalue weighted by Gasteiger charge is 2.17. The second kappa shape index (κ2) is 4.63. The fraction of sp³-hybridized carbons (Fsp3) is 0.286. The lowest BCUT2D eigenvalue weighted by Gasteiger charge is -2.12. The van der Waals surface area contributed by atoms with Crippen LogP contribution in [-0.2, 0) is 0 Å². The highest BCUT2D eigenvalue weighted by atomic mass is 16.5. The quantitative estimate of drug-likeness (QED) is 0.868. The van der Waals surface area contributed by atoms with E-state index >= 15 is 0 Å². The summed E-state index contributed by atoms with van der Waals surface area (Å²) in [6.07, 6.45) is 1.14. The molecule has 0 bridgehead atoms. The van der Waals surface area contributed by atoms with Gasteiger partial charge in [-0.2, -0.15) is 5.26 Å². The average Bonchev–Trinajstić information content (AvgIpc) is 2.90. The van der Waals surface area contributed by atoms with Crippen LogP contribution in [0.2, 0.25) is 0 Å². The molecular weight excluding hydrogens is 226 g/mol. The van der Waals surface area contributed by atoms with E-state index in [1.165, 1.54) is 0 Å². The Bertz CT molecular complexity index is 612. The summed E-state index contributed by atoms with van der Waals surface area (Å²) in [5.74, 6) is 0.541. The van der Waals surface area contributed by atoms with Gasteiger partial charge in [-0.15, -0.1) is 0 Å². The second-order valence-corrected chi connectivity index (χ2v) is 4.37. The Balaban J connectivity index is 2.00. The van der Waals surface area contributed by atoms with Gasteiger partial charge >= 0.3 is 0 Å². The number of hydrogen-bond donors (Lipinski definition) is 1. The van der Waals surface area contributed by atoms with E-state index in [2.05, 4.69) is 16.4 Å². The van der Waals surface area contributed by atoms with Crippen LogP contribution in [0, 0.1) is 11.3 Å². The van der Waals surface area contributed by atoms with E-state index in [0.717, 1.165) is 30.4 Å². The number of ether oxygens (including phenoxy) is 1. The summed E-state index contributed by atoms with van der Waals surface area (Å²) < 4.78 is 5.80. The number of nitriles is 1. The van der Waals surface area contributed by atoms with Crippen LogP contribution < -0.4 is 10.1 Å². The number of benzene rings is 1. The van der Waals surface area contributed by atoms with Crippen molar-refractivity contribution in [3.8, 4) is 11.9 Å². The third-order valence-electron chi connectivity index (χ3n) is 3.12. The van der Waals surface area contributed by atoms with Crippen molar-refractivity contribution in [2.45, 2.75) is 12.5 Å². The van der Waals surface area contributed by atoms with Crippen molar-refractivity contribution in [1.29, 1.82) is 5.26 Å². The number of pyridine rings is 1. The SMILES string of the molecule is N#Cc1cc(OC2CCNC2)nc2ccccc12. The van der Waals surface area contributed by atoms with Gasteiger partial charge in [0.25, 0.3) is 0 Å². The zero-order valence-corrected chi connectivity index (χ0v) is 9.89. The molecule has 0 aliphatic carbocycles. The largest absolute Gasteiger partial charge is 0.473 e. The number of nitrogens with one attached hydrogen (secondary N) is 1. The molecule has 1 aromatic heterocycles. The number of nitrogens with zero attached hydrogens (tertiary/aromatic N) is 2. The first-order valence-electron chi connectivity index (χ1n) is 6.04. The molecule has 1 aromatic carbocycles. The topological polar surface area (TPSA) is 57.9 Å². The number of fused-ring (bicyclic) bond motifs is 1. The van der Waals surface area contributed by atoms with Crippen LogP contribution in [0.1, 0.15) is 12.0 Å². The Hall–Kier alpha value is -2.12. The molecule has 90 valence electrons. The van der Waals surface area contributed by atoms with Crippen molar-refractivity contribution >= 4 is 10.9 Å². The minimum Gasteiger partial charge on any atom is -0.473 e. The maximum Gasteiger partial charge on any atom is 0.215 e. The zero-order chi connectivity index (χ0) is 12.4. The first-order valence-corrected chi connectivity index (χ1v) is 6.04. The van der Waals surface area contributed by atoms with E-state index in [1.54, 1.807) is 6.07 Å². The van der Waals surface area contributed by atoms with Crippen LogP contribution in [0.4, 0.5) is 0 Å². The van der Waals surface area contributed by atoms with E-state index in [9.17, 15) is 5.26 Å². The lowest BCUT2D eigenvalue weighted by atomic mass is 10.1. The molecule has 0 spiro atoms. The molecule has 1 fully saturated rings. The predicted octanol–water partition coefficient (Wildman–Crippen LogP) is 1.85. The van der Waals surface area contributed by atoms with Crippen LogP contribution in [0.25, 0.3) is 10.9 Å². The molecular formula is C14H13N3O. The van der Waals surface area contributed by atoms with Gasteiger partial charge in [-0.1, -0.05) is 18.2 Å². The molecule has 18 heavy (non-hydrogen) atoms. The minimum absolute atomic E-state index is 0.158. The highest BCUT2D eigenvalue weighted by Crippen LogP contribution is 2.22. The van der Waals surface area contributed by atoms with Gasteiger partial charge in [0.05, 0.1) is 11.1 Å². The molecule has 1 unspecified atom stereocenters. The smallest absolute Gasteiger partial charge is 0.215 e. The molecule has 4 nitrogen and oxygen atoms in total. The van der Waals surface area contributed by atoms with Crippen molar-refractivity contribution in [3.63, 3.8) is 0 Å². The van der Waals surface area contributed by atoms with Crippen molar-refractivity contribution in [1.82, 2.24) is 10.3 Å². The monoisotopic (exact) mass is 239 g/mol. The Morgan fingerprint density at radius 2 is 2.28 bits per heavy atom. The minimum atomic E-state index is 0.158. The second-order valence-electron chi connectivity index (χ2n) is 4.37. The molecule has 0 amide bonds. The summed E-state index contributed by atoms with van der Waals surface area (Å²) in [5, 5.41) is 13.3. The van der Waals surface area contributed by atoms with Gasteiger partial charge in [0.15, 0.2) is 0 Å². The van der Waals surface area contributed by atoms with Crippen LogP contribution in [0.5, 0.6) is 5.88 Å². The molecule has 0 radical (unpaired) electrons. The molecule has 1 N–H and O–H groups in total. The van der Waals surface area contributed by atoms with Crippen LogP contribution in [-0.4, -0.2) is 24.2 Å². The molecule has 0 saturated carbocycles. The maximum atomic E-state index is 9.18. The van der Waals surface area contributed by atoms with Crippen LogP contribution in [0.15, 0.2) is 30.3 Å². The third-order valence-corrected chi connectivity index (χ3v) is 3.12. The summed E-state index contributed by atoms with van der Waals surface area (Å²) in [6, 6.07) is 11.5. The van der Waals surface area contributed by atoms with Crippen LogP contribution >= 0.6 is 0 Å². The summed E-state index contributed by atoms with van der Waals surface area (Å²) in [4.78, 5) is 4.45. The summed E-state index contributed by atoms with van der Waals surface area (Å²) in [7, 11) is 0. The molecule has 2 aromatic rings. The zero-order valence-electron chi connectivity index (χ0n) is 9.89. The molecule has 3 rings (SSSR count). The van der Waals surface area contributed by atoms with Gasteiger partial charge in [-0.25, -0.2) is 4.98 Å². The van der Waals surface area contributed by atoms with Gasteiger partial charge < -0.3 is 10.1 Å². The van der Waals surface area contributed by atoms with Gasteiger partial charge in [-0.3, -0.25) is 0 Å². The van der Waals surface area contributed by atoms with Crippen molar-refractivity contribution in [3.05, 3.63) is 35.9 Å².